The van der Waals surface area contributed by atoms with Gasteiger partial charge >= 0.3 is 0 Å². The second kappa shape index (κ2) is 5.97. The Morgan fingerprint density at radius 1 is 1.19 bits per heavy atom. The van der Waals surface area contributed by atoms with Crippen molar-refractivity contribution in [2.24, 2.45) is 0 Å². The molecular weight excluding hydrogens is 266 g/mol. The van der Waals surface area contributed by atoms with Crippen molar-refractivity contribution in [3.8, 4) is 5.75 Å². The van der Waals surface area contributed by atoms with E-state index in [-0.39, 0.29) is 5.91 Å². The van der Waals surface area contributed by atoms with E-state index < -0.39 is 6.10 Å². The van der Waals surface area contributed by atoms with Crippen LogP contribution in [0, 0.1) is 0 Å². The SMILES string of the molecule is COc1ccc(NC(=O)C2OCCc3ccccc32)cc1. The van der Waals surface area contributed by atoms with Crippen molar-refractivity contribution in [1.29, 1.82) is 0 Å². The molecule has 1 amide bonds. The smallest absolute Gasteiger partial charge is 0.258 e. The maximum atomic E-state index is 12.4. The number of fused-ring (bicyclic) bond motifs is 1. The summed E-state index contributed by atoms with van der Waals surface area (Å²) in [6.07, 6.45) is 0.305. The number of nitrogens with one attached hydrogen (secondary N) is 1. The Morgan fingerprint density at radius 3 is 2.71 bits per heavy atom. The predicted octanol–water partition coefficient (Wildman–Crippen LogP) is 2.95. The summed E-state index contributed by atoms with van der Waals surface area (Å²) in [5, 5.41) is 2.88. The van der Waals surface area contributed by atoms with Gasteiger partial charge in [0.25, 0.3) is 5.91 Å². The third-order valence-corrected chi connectivity index (χ3v) is 3.59. The number of carbonyl (C=O) groups excluding carboxylic acids is 1. The van der Waals surface area contributed by atoms with Gasteiger partial charge in [0.2, 0.25) is 0 Å². The lowest BCUT2D eigenvalue weighted by Gasteiger charge is -2.25. The third-order valence-electron chi connectivity index (χ3n) is 3.59. The molecule has 0 saturated carbocycles. The zero-order valence-electron chi connectivity index (χ0n) is 11.8. The number of hydrogen-bond acceptors (Lipinski definition) is 3. The average Bonchev–Trinajstić information content (AvgIpc) is 2.55. The number of amides is 1. The van der Waals surface area contributed by atoms with Crippen LogP contribution in [0.5, 0.6) is 5.75 Å². The van der Waals surface area contributed by atoms with Crippen molar-refractivity contribution < 1.29 is 14.3 Å². The lowest BCUT2D eigenvalue weighted by Crippen LogP contribution is -2.28. The monoisotopic (exact) mass is 283 g/mol. The first-order valence-corrected chi connectivity index (χ1v) is 6.92. The Labute approximate surface area is 123 Å². The average molecular weight is 283 g/mol. The number of ether oxygens (including phenoxy) is 2. The lowest BCUT2D eigenvalue weighted by molar-refractivity contribution is -0.128. The molecule has 1 N–H and O–H groups in total. The summed E-state index contributed by atoms with van der Waals surface area (Å²) in [5.74, 6) is 0.611. The molecule has 2 aromatic rings. The van der Waals surface area contributed by atoms with Gasteiger partial charge in [-0.05, 0) is 41.8 Å². The number of rotatable bonds is 3. The van der Waals surface area contributed by atoms with E-state index >= 15 is 0 Å². The fraction of sp³-hybridized carbons (Fsp3) is 0.235. The molecule has 0 saturated heterocycles. The molecule has 0 aliphatic carbocycles. The molecular formula is C17H17NO3. The molecule has 0 fully saturated rings. The molecule has 0 aromatic heterocycles. The van der Waals surface area contributed by atoms with Crippen LogP contribution in [-0.4, -0.2) is 19.6 Å². The van der Waals surface area contributed by atoms with E-state index in [0.717, 1.165) is 23.4 Å². The third kappa shape index (κ3) is 2.90. The Bertz CT molecular complexity index is 637. The van der Waals surface area contributed by atoms with Gasteiger partial charge in [-0.1, -0.05) is 24.3 Å². The second-order valence-electron chi connectivity index (χ2n) is 4.92. The highest BCUT2D eigenvalue weighted by Gasteiger charge is 2.27. The summed E-state index contributed by atoms with van der Waals surface area (Å²) >= 11 is 0. The standard InChI is InChI=1S/C17H17NO3/c1-20-14-8-6-13(7-9-14)18-17(19)16-15-5-3-2-4-12(15)10-11-21-16/h2-9,16H,10-11H2,1H3,(H,18,19). The van der Waals surface area contributed by atoms with Gasteiger partial charge in [-0.2, -0.15) is 0 Å². The molecule has 4 nitrogen and oxygen atoms in total. The molecule has 1 aliphatic heterocycles. The minimum atomic E-state index is -0.544. The Balaban J connectivity index is 1.76. The van der Waals surface area contributed by atoms with E-state index in [1.54, 1.807) is 7.11 Å². The van der Waals surface area contributed by atoms with Gasteiger partial charge in [-0.15, -0.1) is 0 Å². The van der Waals surface area contributed by atoms with Crippen molar-refractivity contribution in [2.75, 3.05) is 19.0 Å². The highest BCUT2D eigenvalue weighted by Crippen LogP contribution is 2.28. The largest absolute Gasteiger partial charge is 0.497 e. The van der Waals surface area contributed by atoms with Crippen LogP contribution in [0.2, 0.25) is 0 Å². The van der Waals surface area contributed by atoms with Crippen LogP contribution in [0.15, 0.2) is 48.5 Å². The number of benzene rings is 2. The van der Waals surface area contributed by atoms with Crippen molar-refractivity contribution in [3.05, 3.63) is 59.7 Å². The number of methoxy groups -OCH3 is 1. The first-order valence-electron chi connectivity index (χ1n) is 6.92. The molecule has 1 atom stereocenters. The van der Waals surface area contributed by atoms with Gasteiger partial charge in [-0.3, -0.25) is 4.79 Å². The normalized spacial score (nSPS) is 16.9. The molecule has 3 rings (SSSR count). The molecule has 1 unspecified atom stereocenters. The van der Waals surface area contributed by atoms with Crippen molar-refractivity contribution >= 4 is 11.6 Å². The minimum Gasteiger partial charge on any atom is -0.497 e. The van der Waals surface area contributed by atoms with Crippen LogP contribution >= 0.6 is 0 Å². The first-order chi connectivity index (χ1) is 10.3. The molecule has 0 bridgehead atoms. The highest BCUT2D eigenvalue weighted by atomic mass is 16.5. The zero-order valence-corrected chi connectivity index (χ0v) is 11.8. The Kier molecular flexibility index (Phi) is 3.88. The Hall–Kier alpha value is -2.33. The summed E-state index contributed by atoms with van der Waals surface area (Å²) in [5.41, 5.74) is 2.86. The van der Waals surface area contributed by atoms with E-state index in [1.165, 1.54) is 5.56 Å². The van der Waals surface area contributed by atoms with Crippen molar-refractivity contribution in [3.63, 3.8) is 0 Å². The molecule has 0 radical (unpaired) electrons. The fourth-order valence-corrected chi connectivity index (χ4v) is 2.49. The predicted molar refractivity (Wildman–Crippen MR) is 80.5 cm³/mol. The fourth-order valence-electron chi connectivity index (χ4n) is 2.49. The molecule has 21 heavy (non-hydrogen) atoms. The summed E-state index contributed by atoms with van der Waals surface area (Å²) < 4.78 is 10.7. The second-order valence-corrected chi connectivity index (χ2v) is 4.92. The molecule has 2 aromatic carbocycles. The van der Waals surface area contributed by atoms with Crippen LogP contribution in [0.25, 0.3) is 0 Å². The molecule has 108 valence electrons. The molecule has 1 heterocycles. The van der Waals surface area contributed by atoms with E-state index in [2.05, 4.69) is 5.32 Å². The molecule has 0 spiro atoms. The summed E-state index contributed by atoms with van der Waals surface area (Å²) in [6, 6.07) is 15.2. The van der Waals surface area contributed by atoms with E-state index in [4.69, 9.17) is 9.47 Å². The van der Waals surface area contributed by atoms with Crippen molar-refractivity contribution in [2.45, 2.75) is 12.5 Å². The van der Waals surface area contributed by atoms with Crippen LogP contribution < -0.4 is 10.1 Å². The maximum absolute atomic E-state index is 12.4. The molecule has 1 aliphatic rings. The quantitative estimate of drug-likeness (QED) is 0.942. The van der Waals surface area contributed by atoms with Gasteiger partial charge in [0, 0.05) is 5.69 Å². The summed E-state index contributed by atoms with van der Waals surface area (Å²) in [7, 11) is 1.61. The van der Waals surface area contributed by atoms with E-state index in [1.807, 2.05) is 48.5 Å². The summed E-state index contributed by atoms with van der Waals surface area (Å²) in [6.45, 7) is 0.567. The number of hydrogen-bond donors (Lipinski definition) is 1. The highest BCUT2D eigenvalue weighted by molar-refractivity contribution is 5.95. The first kappa shape index (κ1) is 13.6. The van der Waals surface area contributed by atoms with Crippen molar-refractivity contribution in [1.82, 2.24) is 0 Å². The summed E-state index contributed by atoms with van der Waals surface area (Å²) in [4.78, 5) is 12.4. The van der Waals surface area contributed by atoms with Gasteiger partial charge in [0.05, 0.1) is 13.7 Å². The number of carbonyl (C=O) groups is 1. The van der Waals surface area contributed by atoms with E-state index in [0.29, 0.717) is 6.61 Å². The van der Waals surface area contributed by atoms with Gasteiger partial charge < -0.3 is 14.8 Å². The van der Waals surface area contributed by atoms with Gasteiger partial charge in [0.1, 0.15) is 5.75 Å². The molecule has 4 heteroatoms. The van der Waals surface area contributed by atoms with Crippen LogP contribution in [0.1, 0.15) is 17.2 Å². The maximum Gasteiger partial charge on any atom is 0.258 e. The van der Waals surface area contributed by atoms with Crippen LogP contribution in [-0.2, 0) is 16.0 Å². The lowest BCUT2D eigenvalue weighted by atomic mass is 9.97. The van der Waals surface area contributed by atoms with E-state index in [9.17, 15) is 4.79 Å². The van der Waals surface area contributed by atoms with Crippen LogP contribution in [0.4, 0.5) is 5.69 Å². The topological polar surface area (TPSA) is 47.6 Å². The Morgan fingerprint density at radius 2 is 1.95 bits per heavy atom. The number of anilines is 1. The van der Waals surface area contributed by atoms with Gasteiger partial charge in [0.15, 0.2) is 6.10 Å². The minimum absolute atomic E-state index is 0.146. The van der Waals surface area contributed by atoms with Crippen LogP contribution in [0.3, 0.4) is 0 Å². The zero-order chi connectivity index (χ0) is 14.7. The van der Waals surface area contributed by atoms with Gasteiger partial charge in [-0.25, -0.2) is 0 Å².